The van der Waals surface area contributed by atoms with Gasteiger partial charge in [0, 0.05) is 57.8 Å². The molecule has 8 nitrogen and oxygen atoms in total. The summed E-state index contributed by atoms with van der Waals surface area (Å²) < 4.78 is 2.14. The summed E-state index contributed by atoms with van der Waals surface area (Å²) in [6.45, 7) is 0. The zero-order valence-electron chi connectivity index (χ0n) is 35.8. The third kappa shape index (κ3) is 6.18. The number of imidazole rings is 1. The van der Waals surface area contributed by atoms with E-state index in [4.69, 9.17) is 34.9 Å². The molecule has 11 aromatic rings. The Hall–Kier alpha value is -8.75. The molecule has 8 aromatic carbocycles. The molecular weight excluding hydrogens is 809 g/mol. The minimum atomic E-state index is 0.0106. The number of hydrogen-bond acceptors (Lipinski definition) is 7. The first kappa shape index (κ1) is 37.8. The number of benzene rings is 8. The zero-order chi connectivity index (χ0) is 43.7. The minimum absolute atomic E-state index is 0.0106. The Balaban J connectivity index is 0.944. The quantitative estimate of drug-likeness (QED) is 0.158. The van der Waals surface area contributed by atoms with Crippen LogP contribution < -0.4 is 0 Å². The van der Waals surface area contributed by atoms with Gasteiger partial charge in [0.1, 0.15) is 5.82 Å². The van der Waals surface area contributed by atoms with Gasteiger partial charge in [0.25, 0.3) is 0 Å². The van der Waals surface area contributed by atoms with E-state index in [0.717, 1.165) is 55.8 Å². The number of para-hydroxylation sites is 2. The summed E-state index contributed by atoms with van der Waals surface area (Å²) >= 11 is 0. The van der Waals surface area contributed by atoms with Crippen molar-refractivity contribution in [2.24, 2.45) is 7.05 Å². The summed E-state index contributed by atoms with van der Waals surface area (Å²) in [4.78, 5) is 35.9. The van der Waals surface area contributed by atoms with Crippen molar-refractivity contribution in [3.63, 3.8) is 0 Å². The molecule has 3 aliphatic rings. The summed E-state index contributed by atoms with van der Waals surface area (Å²) in [5.41, 5.74) is 16.3. The second-order valence-electron chi connectivity index (χ2n) is 16.9. The van der Waals surface area contributed by atoms with Gasteiger partial charge in [-0.1, -0.05) is 176 Å². The Morgan fingerprint density at radius 1 is 0.303 bits per heavy atom. The number of nitrogens with zero attached hydrogens (tertiary/aromatic N) is 8. The van der Waals surface area contributed by atoms with Crippen molar-refractivity contribution in [2.75, 3.05) is 0 Å². The molecule has 0 saturated carbocycles. The summed E-state index contributed by atoms with van der Waals surface area (Å²) in [6.07, 6.45) is 0. The summed E-state index contributed by atoms with van der Waals surface area (Å²) in [5.74, 6) is 4.64. The Kier molecular flexibility index (Phi) is 8.70. The SMILES string of the molecule is Cn1c(-c2ccccc2-c2nc(-c3ccccc3)nc(-c3ccc4c(c3)C3c5ccccc5C4c4cc(-c5nc(-c6ccccc6)nc(-c6ccccc6)n5)ccc43)n2)nc2ccccc21. The van der Waals surface area contributed by atoms with Crippen molar-refractivity contribution >= 4 is 11.0 Å². The van der Waals surface area contributed by atoms with Crippen molar-refractivity contribution in [1.29, 1.82) is 0 Å². The fourth-order valence-corrected chi connectivity index (χ4v) is 10.0. The molecule has 3 aliphatic carbocycles. The van der Waals surface area contributed by atoms with Crippen LogP contribution in [0.25, 0.3) is 90.7 Å². The van der Waals surface area contributed by atoms with Crippen LogP contribution in [0, 0.1) is 0 Å². The van der Waals surface area contributed by atoms with E-state index >= 15 is 0 Å². The summed E-state index contributed by atoms with van der Waals surface area (Å²) in [7, 11) is 2.06. The topological polar surface area (TPSA) is 95.2 Å². The number of rotatable bonds is 7. The maximum atomic E-state index is 5.29. The van der Waals surface area contributed by atoms with Crippen molar-refractivity contribution in [2.45, 2.75) is 11.8 Å². The van der Waals surface area contributed by atoms with Crippen molar-refractivity contribution in [3.8, 4) is 79.7 Å². The summed E-state index contributed by atoms with van der Waals surface area (Å²) in [6, 6.07) is 69.4. The lowest BCUT2D eigenvalue weighted by atomic mass is 9.61. The van der Waals surface area contributed by atoms with E-state index in [1.807, 2.05) is 109 Å². The summed E-state index contributed by atoms with van der Waals surface area (Å²) in [5, 5.41) is 0. The fraction of sp³-hybridized carbons (Fsp3) is 0.0517. The average molecular weight is 847 g/mol. The molecule has 2 atom stereocenters. The standard InChI is InChI=1S/C58H38N8/c1-66-49-28-16-15-27-48(49)59-58(66)45-26-14-13-25-44(45)57-64-54(37-21-9-4-10-22-37)63-56(65-57)39-30-32-43-47(34-39)51-41-24-12-11-23-40(41)50(43)46-33-38(29-31-42(46)51)55-61-52(35-17-5-2-6-18-35)60-53(62-55)36-19-7-3-8-20-36/h2-34,50-51H,1H3. The highest BCUT2D eigenvalue weighted by atomic mass is 15.1. The molecule has 0 N–H and O–H groups in total. The molecule has 0 radical (unpaired) electrons. The van der Waals surface area contributed by atoms with Gasteiger partial charge < -0.3 is 4.57 Å². The molecule has 66 heavy (non-hydrogen) atoms. The van der Waals surface area contributed by atoms with E-state index in [2.05, 4.69) is 103 Å². The second-order valence-corrected chi connectivity index (χ2v) is 16.9. The van der Waals surface area contributed by atoms with Gasteiger partial charge in [0.2, 0.25) is 0 Å². The van der Waals surface area contributed by atoms with Crippen molar-refractivity contribution < 1.29 is 0 Å². The van der Waals surface area contributed by atoms with Crippen LogP contribution in [0.1, 0.15) is 45.2 Å². The molecule has 2 bridgehead atoms. The predicted octanol–water partition coefficient (Wildman–Crippen LogP) is 12.6. The van der Waals surface area contributed by atoms with E-state index in [-0.39, 0.29) is 11.8 Å². The third-order valence-corrected chi connectivity index (χ3v) is 13.1. The van der Waals surface area contributed by atoms with Gasteiger partial charge >= 0.3 is 0 Å². The number of hydrogen-bond donors (Lipinski definition) is 0. The predicted molar refractivity (Wildman–Crippen MR) is 260 cm³/mol. The van der Waals surface area contributed by atoms with E-state index in [0.29, 0.717) is 34.9 Å². The molecule has 0 fully saturated rings. The Morgan fingerprint density at radius 2 is 0.682 bits per heavy atom. The highest BCUT2D eigenvalue weighted by molar-refractivity contribution is 5.86. The lowest BCUT2D eigenvalue weighted by Crippen LogP contribution is -2.27. The largest absolute Gasteiger partial charge is 0.327 e. The van der Waals surface area contributed by atoms with E-state index in [1.165, 1.54) is 33.4 Å². The Morgan fingerprint density at radius 3 is 1.17 bits per heavy atom. The number of fused-ring (bicyclic) bond motifs is 1. The molecule has 0 spiro atoms. The first-order chi connectivity index (χ1) is 32.6. The minimum Gasteiger partial charge on any atom is -0.327 e. The highest BCUT2D eigenvalue weighted by Crippen LogP contribution is 2.56. The van der Waals surface area contributed by atoms with Gasteiger partial charge in [-0.25, -0.2) is 34.9 Å². The van der Waals surface area contributed by atoms with Crippen LogP contribution in [0.3, 0.4) is 0 Å². The fourth-order valence-electron chi connectivity index (χ4n) is 10.0. The van der Waals surface area contributed by atoms with Gasteiger partial charge in [-0.3, -0.25) is 0 Å². The lowest BCUT2D eigenvalue weighted by Gasteiger charge is -2.42. The third-order valence-electron chi connectivity index (χ3n) is 13.1. The maximum absolute atomic E-state index is 5.29. The monoisotopic (exact) mass is 846 g/mol. The van der Waals surface area contributed by atoms with Crippen molar-refractivity contribution in [1.82, 2.24) is 39.5 Å². The Bertz CT molecular complexity index is 3620. The van der Waals surface area contributed by atoms with Crippen LogP contribution in [0.15, 0.2) is 200 Å². The second kappa shape index (κ2) is 15.2. The zero-order valence-corrected chi connectivity index (χ0v) is 35.8. The van der Waals surface area contributed by atoms with Crippen LogP contribution in [-0.4, -0.2) is 39.5 Å². The van der Waals surface area contributed by atoms with Crippen LogP contribution in [0.5, 0.6) is 0 Å². The van der Waals surface area contributed by atoms with Crippen molar-refractivity contribution in [3.05, 3.63) is 234 Å². The molecule has 0 aliphatic heterocycles. The average Bonchev–Trinajstić information content (AvgIpc) is 3.74. The highest BCUT2D eigenvalue weighted by Gasteiger charge is 2.41. The van der Waals surface area contributed by atoms with Gasteiger partial charge in [-0.2, -0.15) is 0 Å². The molecule has 310 valence electrons. The van der Waals surface area contributed by atoms with Gasteiger partial charge in [-0.15, -0.1) is 0 Å². The van der Waals surface area contributed by atoms with Crippen LogP contribution in [0.2, 0.25) is 0 Å². The van der Waals surface area contributed by atoms with E-state index in [9.17, 15) is 0 Å². The normalized spacial score (nSPS) is 14.4. The lowest BCUT2D eigenvalue weighted by molar-refractivity contribution is 0.754. The molecular formula is C58H38N8. The molecule has 14 rings (SSSR count). The molecule has 3 heterocycles. The molecule has 0 saturated heterocycles. The maximum Gasteiger partial charge on any atom is 0.164 e. The van der Waals surface area contributed by atoms with Crippen LogP contribution in [0.4, 0.5) is 0 Å². The van der Waals surface area contributed by atoms with E-state index < -0.39 is 0 Å². The first-order valence-corrected chi connectivity index (χ1v) is 22.2. The van der Waals surface area contributed by atoms with Crippen LogP contribution >= 0.6 is 0 Å². The smallest absolute Gasteiger partial charge is 0.164 e. The molecule has 2 unspecified atom stereocenters. The van der Waals surface area contributed by atoms with Gasteiger partial charge in [-0.05, 0) is 57.6 Å². The van der Waals surface area contributed by atoms with Gasteiger partial charge in [0.15, 0.2) is 34.9 Å². The first-order valence-electron chi connectivity index (χ1n) is 22.2. The van der Waals surface area contributed by atoms with Gasteiger partial charge in [0.05, 0.1) is 11.0 Å². The van der Waals surface area contributed by atoms with E-state index in [1.54, 1.807) is 0 Å². The number of aromatic nitrogens is 8. The molecule has 8 heteroatoms. The molecule has 0 amide bonds. The number of aryl methyl sites for hydroxylation is 1. The molecule has 3 aromatic heterocycles. The van der Waals surface area contributed by atoms with Crippen LogP contribution in [-0.2, 0) is 7.05 Å². The Labute approximate surface area is 381 Å².